The monoisotopic (exact) mass is 910 g/mol. The number of hydrogen-bond acceptors (Lipinski definition) is 3. The molecule has 0 radical (unpaired) electrons. The fourth-order valence-corrected chi connectivity index (χ4v) is 16.8. The average Bonchev–Trinajstić information content (AvgIpc) is 3.80. The van der Waals surface area contributed by atoms with Crippen LogP contribution in [0.25, 0.3) is 81.8 Å². The molecule has 3 nitrogen and oxygen atoms in total. The summed E-state index contributed by atoms with van der Waals surface area (Å²) in [5, 5.41) is 16.2. The van der Waals surface area contributed by atoms with Crippen LogP contribution in [0.4, 0.5) is 0 Å². The molecule has 67 heavy (non-hydrogen) atoms. The van der Waals surface area contributed by atoms with Crippen molar-refractivity contribution < 1.29 is 4.57 Å². The Bertz CT molecular complexity index is 4180. The van der Waals surface area contributed by atoms with E-state index in [1.54, 1.807) is 0 Å². The van der Waals surface area contributed by atoms with E-state index in [0.717, 1.165) is 81.6 Å². The smallest absolute Gasteiger partial charge is 0.171 e. The molecule has 0 spiro atoms. The van der Waals surface area contributed by atoms with Gasteiger partial charge in [-0.3, -0.25) is 4.40 Å². The lowest BCUT2D eigenvalue weighted by molar-refractivity contribution is 0.592. The average molecular weight is 911 g/mol. The van der Waals surface area contributed by atoms with Gasteiger partial charge in [-0.15, -0.1) is 0 Å². The van der Waals surface area contributed by atoms with E-state index in [4.69, 9.17) is 16.8 Å². The second-order valence-electron chi connectivity index (χ2n) is 17.4. The molecule has 0 fully saturated rings. The van der Waals surface area contributed by atoms with Gasteiger partial charge in [0.25, 0.3) is 0 Å². The van der Waals surface area contributed by atoms with Crippen molar-refractivity contribution in [2.45, 2.75) is 0 Å². The summed E-state index contributed by atoms with van der Waals surface area (Å²) in [5.41, 5.74) is 5.90. The van der Waals surface area contributed by atoms with Gasteiger partial charge in [0.1, 0.15) is 5.65 Å². The SMILES string of the molecule is O=P(c1ccccc1)(c1ccc2ccccc2c1)c1ccc2nc3c4ccc5ccccc5c4c4ccc(-c5ccc6cc(P(=S)(c7ccccc7)c7ccccc7)ccc6c5)cc4n3c2c1. The molecule has 11 aromatic carbocycles. The van der Waals surface area contributed by atoms with E-state index in [-0.39, 0.29) is 0 Å². The van der Waals surface area contributed by atoms with E-state index in [9.17, 15) is 0 Å². The van der Waals surface area contributed by atoms with Crippen molar-refractivity contribution in [3.8, 4) is 11.1 Å². The molecule has 0 saturated heterocycles. The zero-order valence-electron chi connectivity index (χ0n) is 36.2. The molecular weight excluding hydrogens is 871 g/mol. The third-order valence-electron chi connectivity index (χ3n) is 13.7. The van der Waals surface area contributed by atoms with Gasteiger partial charge in [-0.25, -0.2) is 4.98 Å². The Morgan fingerprint density at radius 1 is 0.358 bits per heavy atom. The molecule has 0 saturated carbocycles. The number of benzene rings is 11. The first-order valence-corrected chi connectivity index (χ1v) is 27.1. The van der Waals surface area contributed by atoms with Crippen LogP contribution in [0.3, 0.4) is 0 Å². The lowest BCUT2D eigenvalue weighted by Crippen LogP contribution is -2.25. The summed E-state index contributed by atoms with van der Waals surface area (Å²) < 4.78 is 18.4. The minimum Gasteiger partial charge on any atom is -0.309 e. The Balaban J connectivity index is 1.02. The van der Waals surface area contributed by atoms with Gasteiger partial charge in [0.2, 0.25) is 0 Å². The molecule has 0 aliphatic heterocycles. The predicted octanol–water partition coefficient (Wildman–Crippen LogP) is 13.3. The molecule has 2 heterocycles. The number of pyridine rings is 1. The summed E-state index contributed by atoms with van der Waals surface area (Å²) in [5.74, 6) is 0. The van der Waals surface area contributed by atoms with Crippen molar-refractivity contribution in [1.82, 2.24) is 9.38 Å². The van der Waals surface area contributed by atoms with Gasteiger partial charge in [-0.1, -0.05) is 206 Å². The third-order valence-corrected chi connectivity index (χ3v) is 21.6. The topological polar surface area (TPSA) is 34.4 Å². The highest BCUT2D eigenvalue weighted by Gasteiger charge is 2.31. The summed E-state index contributed by atoms with van der Waals surface area (Å²) in [6.45, 7) is 0. The lowest BCUT2D eigenvalue weighted by atomic mass is 9.96. The summed E-state index contributed by atoms with van der Waals surface area (Å²) >= 11 is 6.72. The highest BCUT2D eigenvalue weighted by atomic mass is 32.4. The third kappa shape index (κ3) is 6.29. The molecule has 0 amide bonds. The molecule has 6 heteroatoms. The van der Waals surface area contributed by atoms with Crippen molar-refractivity contribution in [3.63, 3.8) is 0 Å². The molecule has 316 valence electrons. The maximum Gasteiger partial charge on any atom is 0.171 e. The Labute approximate surface area is 393 Å². The van der Waals surface area contributed by atoms with Crippen molar-refractivity contribution in [1.29, 1.82) is 0 Å². The van der Waals surface area contributed by atoms with E-state index in [0.29, 0.717) is 0 Å². The van der Waals surface area contributed by atoms with Crippen LogP contribution in [0, 0.1) is 0 Å². The normalized spacial score (nSPS) is 13.0. The molecule has 13 aromatic rings. The minimum absolute atomic E-state index is 0.769. The Morgan fingerprint density at radius 2 is 0.866 bits per heavy atom. The standard InChI is InChI=1S/C61H40N2OP2S/c64-65(48-17-4-1-5-18-48,51-30-26-41-14-10-11-16-43(41)37-51)52-32-35-57-59(40-52)63-58-39-47(29-33-55(58)60-54-23-13-12-15-42(54)28-34-56(60)61(63)62-57)44-24-25-46-38-53(31-27-45(46)36-44)66(67,49-19-6-2-7-20-49)50-21-8-3-9-22-50/h1-40H. The van der Waals surface area contributed by atoms with Crippen LogP contribution < -0.4 is 31.8 Å². The van der Waals surface area contributed by atoms with Crippen LogP contribution in [-0.4, -0.2) is 9.38 Å². The second kappa shape index (κ2) is 15.6. The molecule has 0 N–H and O–H groups in total. The van der Waals surface area contributed by atoms with Crippen LogP contribution in [0.2, 0.25) is 0 Å². The summed E-state index contributed by atoms with van der Waals surface area (Å²) in [4.78, 5) is 5.39. The van der Waals surface area contributed by atoms with E-state index in [1.807, 2.05) is 54.6 Å². The minimum atomic E-state index is -3.36. The predicted molar refractivity (Wildman–Crippen MR) is 291 cm³/mol. The summed E-state index contributed by atoms with van der Waals surface area (Å²) in [6, 6.07) is 83.0. The fraction of sp³-hybridized carbons (Fsp3) is 0. The number of imidazole rings is 1. The maximum absolute atomic E-state index is 16.1. The fourth-order valence-electron chi connectivity index (χ4n) is 10.3. The first-order chi connectivity index (χ1) is 32.9. The highest BCUT2D eigenvalue weighted by Crippen LogP contribution is 2.46. The van der Waals surface area contributed by atoms with Gasteiger partial charge >= 0.3 is 0 Å². The van der Waals surface area contributed by atoms with Gasteiger partial charge in [0, 0.05) is 38.1 Å². The molecule has 1 atom stereocenters. The van der Waals surface area contributed by atoms with Gasteiger partial charge in [-0.2, -0.15) is 0 Å². The molecule has 13 rings (SSSR count). The largest absolute Gasteiger partial charge is 0.309 e. The number of aromatic nitrogens is 2. The Hall–Kier alpha value is -7.45. The van der Waals surface area contributed by atoms with Crippen LogP contribution in [-0.2, 0) is 16.4 Å². The first kappa shape index (κ1) is 39.9. The number of hydrogen-bond donors (Lipinski definition) is 0. The van der Waals surface area contributed by atoms with E-state index in [2.05, 4.69) is 192 Å². The van der Waals surface area contributed by atoms with E-state index < -0.39 is 13.2 Å². The molecular formula is C61H40N2OP2S. The number of nitrogens with zero attached hydrogens (tertiary/aromatic N) is 2. The van der Waals surface area contributed by atoms with Gasteiger partial charge < -0.3 is 4.57 Å². The van der Waals surface area contributed by atoms with Crippen molar-refractivity contribution >= 4 is 127 Å². The highest BCUT2D eigenvalue weighted by molar-refractivity contribution is 8.25. The Kier molecular flexibility index (Phi) is 9.28. The lowest BCUT2D eigenvalue weighted by Gasteiger charge is -2.24. The number of rotatable bonds is 7. The van der Waals surface area contributed by atoms with Gasteiger partial charge in [0.05, 0.1) is 16.6 Å². The van der Waals surface area contributed by atoms with Crippen LogP contribution in [0.15, 0.2) is 243 Å². The van der Waals surface area contributed by atoms with Gasteiger partial charge in [0.15, 0.2) is 7.14 Å². The van der Waals surface area contributed by atoms with E-state index in [1.165, 1.54) is 32.1 Å². The molecule has 0 aliphatic carbocycles. The second-order valence-corrected chi connectivity index (χ2v) is 24.6. The number of fused-ring (bicyclic) bond motifs is 12. The Morgan fingerprint density at radius 3 is 1.63 bits per heavy atom. The van der Waals surface area contributed by atoms with Crippen molar-refractivity contribution in [3.05, 3.63) is 243 Å². The van der Waals surface area contributed by atoms with Crippen LogP contribution >= 0.6 is 13.2 Å². The molecule has 1 unspecified atom stereocenters. The first-order valence-electron chi connectivity index (χ1n) is 22.6. The maximum atomic E-state index is 16.1. The van der Waals surface area contributed by atoms with E-state index >= 15 is 4.57 Å². The van der Waals surface area contributed by atoms with Crippen LogP contribution in [0.1, 0.15) is 0 Å². The zero-order chi connectivity index (χ0) is 44.7. The summed E-state index contributed by atoms with van der Waals surface area (Å²) in [6.07, 6.45) is 0. The van der Waals surface area contributed by atoms with Gasteiger partial charge in [-0.05, 0) is 108 Å². The summed E-state index contributed by atoms with van der Waals surface area (Å²) in [7, 11) is -3.36. The quantitative estimate of drug-likeness (QED) is 0.118. The van der Waals surface area contributed by atoms with Crippen LogP contribution in [0.5, 0.6) is 0 Å². The molecule has 0 bridgehead atoms. The van der Waals surface area contributed by atoms with Crippen molar-refractivity contribution in [2.75, 3.05) is 0 Å². The van der Waals surface area contributed by atoms with Crippen molar-refractivity contribution in [2.24, 2.45) is 0 Å². The molecule has 2 aromatic heterocycles. The molecule has 0 aliphatic rings. The zero-order valence-corrected chi connectivity index (χ0v) is 38.8.